The molecule has 2 heterocycles. The van der Waals surface area contributed by atoms with Crippen molar-refractivity contribution in [1.82, 2.24) is 10.3 Å². The van der Waals surface area contributed by atoms with Crippen molar-refractivity contribution >= 4 is 17.2 Å². The van der Waals surface area contributed by atoms with Gasteiger partial charge in [0.15, 0.2) is 22.3 Å². The fourth-order valence-electron chi connectivity index (χ4n) is 2.22. The molecule has 0 radical (unpaired) electrons. The molecule has 0 saturated heterocycles. The number of hydrogen-bond acceptors (Lipinski definition) is 6. The van der Waals surface area contributed by atoms with Crippen molar-refractivity contribution in [3.8, 4) is 22.3 Å². The Morgan fingerprint density at radius 1 is 1.42 bits per heavy atom. The quantitative estimate of drug-likeness (QED) is 0.741. The van der Waals surface area contributed by atoms with E-state index in [9.17, 15) is 9.90 Å². The number of aromatic hydroxyl groups is 1. The number of amides is 1. The lowest BCUT2D eigenvalue weighted by Crippen LogP contribution is -2.23. The van der Waals surface area contributed by atoms with E-state index in [1.807, 2.05) is 6.92 Å². The summed E-state index contributed by atoms with van der Waals surface area (Å²) in [4.78, 5) is 17.5. The van der Waals surface area contributed by atoms with E-state index in [-0.39, 0.29) is 18.2 Å². The first-order valence-electron chi connectivity index (χ1n) is 7.24. The molecule has 0 aliphatic carbocycles. The van der Waals surface area contributed by atoms with E-state index in [0.29, 0.717) is 22.2 Å². The molecule has 3 aromatic rings. The fraction of sp³-hybridized carbons (Fsp3) is 0.176. The topological polar surface area (TPSA) is 84.6 Å². The zero-order valence-corrected chi connectivity index (χ0v) is 14.0. The number of nitrogens with one attached hydrogen (secondary N) is 1. The van der Waals surface area contributed by atoms with Gasteiger partial charge < -0.3 is 19.6 Å². The third kappa shape index (κ3) is 3.26. The highest BCUT2D eigenvalue weighted by Gasteiger charge is 2.17. The number of benzene rings is 1. The number of thiazole rings is 1. The maximum Gasteiger partial charge on any atom is 0.271 e. The number of carbonyl (C=O) groups is 1. The average molecular weight is 344 g/mol. The number of aryl methyl sites for hydroxylation is 1. The number of methoxy groups -OCH3 is 1. The second-order valence-electron chi connectivity index (χ2n) is 5.09. The van der Waals surface area contributed by atoms with Gasteiger partial charge in [-0.05, 0) is 36.8 Å². The van der Waals surface area contributed by atoms with Gasteiger partial charge in [-0.2, -0.15) is 0 Å². The number of ether oxygens (including phenoxy) is 1. The standard InChI is InChI=1S/C17H16N2O4S/c1-10-15(19-17(24-10)14-4-3-7-23-14)16(21)18-9-11-5-6-13(22-2)12(20)8-11/h3-8,20H,9H2,1-2H3,(H,18,21). The summed E-state index contributed by atoms with van der Waals surface area (Å²) in [6.07, 6.45) is 1.57. The number of carbonyl (C=O) groups excluding carboxylic acids is 1. The van der Waals surface area contributed by atoms with Crippen molar-refractivity contribution in [2.75, 3.05) is 7.11 Å². The predicted molar refractivity (Wildman–Crippen MR) is 90.4 cm³/mol. The molecule has 1 amide bonds. The Bertz CT molecular complexity index is 856. The summed E-state index contributed by atoms with van der Waals surface area (Å²) >= 11 is 1.41. The molecule has 0 atom stereocenters. The number of rotatable bonds is 5. The Labute approximate surface area is 142 Å². The normalized spacial score (nSPS) is 10.6. The lowest BCUT2D eigenvalue weighted by atomic mass is 10.2. The molecule has 0 spiro atoms. The lowest BCUT2D eigenvalue weighted by molar-refractivity contribution is 0.0946. The molecule has 2 aromatic heterocycles. The number of hydrogen-bond donors (Lipinski definition) is 2. The van der Waals surface area contributed by atoms with Crippen molar-refractivity contribution < 1.29 is 19.1 Å². The molecule has 0 saturated carbocycles. The Hall–Kier alpha value is -2.80. The fourth-order valence-corrected chi connectivity index (χ4v) is 3.10. The Balaban J connectivity index is 1.70. The van der Waals surface area contributed by atoms with E-state index in [1.54, 1.807) is 36.6 Å². The van der Waals surface area contributed by atoms with Crippen LogP contribution in [0.4, 0.5) is 0 Å². The highest BCUT2D eigenvalue weighted by molar-refractivity contribution is 7.15. The smallest absolute Gasteiger partial charge is 0.271 e. The van der Waals surface area contributed by atoms with Crippen LogP contribution in [-0.4, -0.2) is 23.1 Å². The summed E-state index contributed by atoms with van der Waals surface area (Å²) < 4.78 is 10.3. The van der Waals surface area contributed by atoms with Crippen LogP contribution in [0.25, 0.3) is 10.8 Å². The molecule has 2 N–H and O–H groups in total. The average Bonchev–Trinajstić information content (AvgIpc) is 3.22. The van der Waals surface area contributed by atoms with E-state index in [2.05, 4.69) is 10.3 Å². The monoisotopic (exact) mass is 344 g/mol. The third-order valence-corrected chi connectivity index (χ3v) is 4.43. The van der Waals surface area contributed by atoms with Gasteiger partial charge in [0.25, 0.3) is 5.91 Å². The number of aromatic nitrogens is 1. The zero-order chi connectivity index (χ0) is 17.1. The highest BCUT2D eigenvalue weighted by Crippen LogP contribution is 2.28. The van der Waals surface area contributed by atoms with Gasteiger partial charge in [-0.25, -0.2) is 4.98 Å². The number of phenolic OH excluding ortho intramolecular Hbond substituents is 1. The summed E-state index contributed by atoms with van der Waals surface area (Å²) in [5.74, 6) is 0.803. The molecule has 124 valence electrons. The highest BCUT2D eigenvalue weighted by atomic mass is 32.1. The molecule has 24 heavy (non-hydrogen) atoms. The predicted octanol–water partition coefficient (Wildman–Crippen LogP) is 3.36. The molecule has 3 rings (SSSR count). The second-order valence-corrected chi connectivity index (χ2v) is 6.29. The molecule has 0 aliphatic rings. The van der Waals surface area contributed by atoms with Crippen LogP contribution >= 0.6 is 11.3 Å². The van der Waals surface area contributed by atoms with Gasteiger partial charge in [0.1, 0.15) is 5.69 Å². The van der Waals surface area contributed by atoms with Crippen molar-refractivity contribution in [3.63, 3.8) is 0 Å². The van der Waals surface area contributed by atoms with Gasteiger partial charge in [-0.3, -0.25) is 4.79 Å². The van der Waals surface area contributed by atoms with Crippen LogP contribution in [0.1, 0.15) is 20.9 Å². The molecule has 7 heteroatoms. The van der Waals surface area contributed by atoms with Crippen molar-refractivity contribution in [2.45, 2.75) is 13.5 Å². The van der Waals surface area contributed by atoms with Crippen LogP contribution < -0.4 is 10.1 Å². The summed E-state index contributed by atoms with van der Waals surface area (Å²) in [5.41, 5.74) is 1.14. The minimum atomic E-state index is -0.267. The van der Waals surface area contributed by atoms with E-state index >= 15 is 0 Å². The molecule has 0 bridgehead atoms. The molecule has 6 nitrogen and oxygen atoms in total. The van der Waals surface area contributed by atoms with Crippen LogP contribution in [0, 0.1) is 6.92 Å². The second kappa shape index (κ2) is 6.76. The van der Waals surface area contributed by atoms with Gasteiger partial charge >= 0.3 is 0 Å². The molecule has 0 fully saturated rings. The first-order valence-corrected chi connectivity index (χ1v) is 8.05. The third-order valence-electron chi connectivity index (χ3n) is 3.44. The first-order chi connectivity index (χ1) is 11.6. The van der Waals surface area contributed by atoms with Crippen LogP contribution in [0.3, 0.4) is 0 Å². The Morgan fingerprint density at radius 2 is 2.25 bits per heavy atom. The first kappa shape index (κ1) is 16.1. The van der Waals surface area contributed by atoms with Crippen molar-refractivity contribution in [1.29, 1.82) is 0 Å². The maximum atomic E-state index is 12.3. The Kier molecular flexibility index (Phi) is 4.52. The molecule has 1 aromatic carbocycles. The van der Waals surface area contributed by atoms with Gasteiger partial charge in [-0.1, -0.05) is 6.07 Å². The number of furan rings is 1. The summed E-state index contributed by atoms with van der Waals surface area (Å²) in [7, 11) is 1.48. The summed E-state index contributed by atoms with van der Waals surface area (Å²) in [6, 6.07) is 8.57. The number of phenols is 1. The van der Waals surface area contributed by atoms with Gasteiger partial charge in [0, 0.05) is 11.4 Å². The van der Waals surface area contributed by atoms with Gasteiger partial charge in [-0.15, -0.1) is 11.3 Å². The van der Waals surface area contributed by atoms with Crippen molar-refractivity contribution in [2.24, 2.45) is 0 Å². The van der Waals surface area contributed by atoms with E-state index in [4.69, 9.17) is 9.15 Å². The van der Waals surface area contributed by atoms with Crippen molar-refractivity contribution in [3.05, 3.63) is 52.7 Å². The molecular formula is C17H16N2O4S. The molecule has 0 unspecified atom stereocenters. The number of nitrogens with zero attached hydrogens (tertiary/aromatic N) is 1. The zero-order valence-electron chi connectivity index (χ0n) is 13.2. The summed E-state index contributed by atoms with van der Waals surface area (Å²) in [5, 5.41) is 13.2. The van der Waals surface area contributed by atoms with Crippen LogP contribution in [0.5, 0.6) is 11.5 Å². The minimum absolute atomic E-state index is 0.0363. The van der Waals surface area contributed by atoms with E-state index in [1.165, 1.54) is 18.4 Å². The van der Waals surface area contributed by atoms with E-state index in [0.717, 1.165) is 10.4 Å². The SMILES string of the molecule is COc1ccc(CNC(=O)c2nc(-c3ccco3)sc2C)cc1O. The van der Waals surface area contributed by atoms with Crippen LogP contribution in [-0.2, 0) is 6.54 Å². The largest absolute Gasteiger partial charge is 0.504 e. The van der Waals surface area contributed by atoms with Crippen LogP contribution in [0.15, 0.2) is 41.0 Å². The minimum Gasteiger partial charge on any atom is -0.504 e. The Morgan fingerprint density at radius 3 is 2.92 bits per heavy atom. The van der Waals surface area contributed by atoms with Crippen LogP contribution in [0.2, 0.25) is 0 Å². The lowest BCUT2D eigenvalue weighted by Gasteiger charge is -2.07. The van der Waals surface area contributed by atoms with Gasteiger partial charge in [0.2, 0.25) is 0 Å². The van der Waals surface area contributed by atoms with E-state index < -0.39 is 0 Å². The molecular weight excluding hydrogens is 328 g/mol. The maximum absolute atomic E-state index is 12.3. The molecule has 0 aliphatic heterocycles. The van der Waals surface area contributed by atoms with Gasteiger partial charge in [0.05, 0.1) is 13.4 Å². The summed E-state index contributed by atoms with van der Waals surface area (Å²) in [6.45, 7) is 2.13.